The van der Waals surface area contributed by atoms with E-state index in [9.17, 15) is 4.79 Å². The van der Waals surface area contributed by atoms with Crippen LogP contribution in [0.25, 0.3) is 11.1 Å². The van der Waals surface area contributed by atoms with E-state index in [0.29, 0.717) is 18.3 Å². The molecule has 0 radical (unpaired) electrons. The van der Waals surface area contributed by atoms with E-state index < -0.39 is 0 Å². The minimum Gasteiger partial charge on any atom is -0.477 e. The fourth-order valence-electron chi connectivity index (χ4n) is 1.79. The number of hydrogen-bond donors (Lipinski definition) is 0. The van der Waals surface area contributed by atoms with Crippen LogP contribution in [0.4, 0.5) is 0 Å². The van der Waals surface area contributed by atoms with E-state index in [0.717, 1.165) is 24.0 Å². The number of aryl methyl sites for hydroxylation is 2. The number of aromatic nitrogens is 3. The highest BCUT2D eigenvalue weighted by molar-refractivity contribution is 5.67. The summed E-state index contributed by atoms with van der Waals surface area (Å²) in [6.07, 6.45) is 5.47. The van der Waals surface area contributed by atoms with Crippen molar-refractivity contribution in [3.63, 3.8) is 0 Å². The second-order valence-corrected chi connectivity index (χ2v) is 4.70. The van der Waals surface area contributed by atoms with Crippen LogP contribution in [0.3, 0.4) is 0 Å². The van der Waals surface area contributed by atoms with E-state index in [4.69, 9.17) is 4.74 Å². The number of unbranched alkanes of at least 4 members (excludes halogenated alkanes) is 1. The van der Waals surface area contributed by atoms with Crippen LogP contribution < -0.4 is 10.3 Å². The molecule has 0 unspecified atom stereocenters. The van der Waals surface area contributed by atoms with Crippen LogP contribution in [0.1, 0.15) is 25.6 Å². The van der Waals surface area contributed by atoms with Gasteiger partial charge in [0.2, 0.25) is 5.88 Å². The van der Waals surface area contributed by atoms with Crippen LogP contribution in [0, 0.1) is 6.92 Å². The predicted octanol–water partition coefficient (Wildman–Crippen LogP) is 2.33. The molecule has 106 valence electrons. The van der Waals surface area contributed by atoms with E-state index in [2.05, 4.69) is 16.9 Å². The Morgan fingerprint density at radius 1 is 1.40 bits per heavy atom. The molecule has 5 nitrogen and oxygen atoms in total. The van der Waals surface area contributed by atoms with Crippen LogP contribution in [0.15, 0.2) is 29.3 Å². The molecule has 0 atom stereocenters. The Balaban J connectivity index is 2.39. The van der Waals surface area contributed by atoms with Crippen molar-refractivity contribution in [1.29, 1.82) is 0 Å². The quantitative estimate of drug-likeness (QED) is 0.785. The van der Waals surface area contributed by atoms with Crippen molar-refractivity contribution in [3.05, 3.63) is 40.7 Å². The van der Waals surface area contributed by atoms with Crippen LogP contribution in [-0.2, 0) is 7.05 Å². The van der Waals surface area contributed by atoms with E-state index in [-0.39, 0.29) is 5.56 Å². The predicted molar refractivity (Wildman–Crippen MR) is 77.8 cm³/mol. The first-order valence-electron chi connectivity index (χ1n) is 6.75. The Bertz CT molecular complexity index is 650. The molecule has 2 rings (SSSR count). The lowest BCUT2D eigenvalue weighted by Crippen LogP contribution is -2.14. The number of hydrogen-bond acceptors (Lipinski definition) is 4. The largest absolute Gasteiger partial charge is 0.477 e. The third-order valence-electron chi connectivity index (χ3n) is 3.03. The molecule has 0 aliphatic rings. The lowest BCUT2D eigenvalue weighted by atomic mass is 10.1. The lowest BCUT2D eigenvalue weighted by molar-refractivity contribution is 0.298. The van der Waals surface area contributed by atoms with E-state index in [1.165, 1.54) is 4.57 Å². The van der Waals surface area contributed by atoms with Gasteiger partial charge in [-0.15, -0.1) is 0 Å². The van der Waals surface area contributed by atoms with Crippen molar-refractivity contribution in [2.24, 2.45) is 7.05 Å². The summed E-state index contributed by atoms with van der Waals surface area (Å²) in [5.74, 6) is 1.20. The highest BCUT2D eigenvalue weighted by Crippen LogP contribution is 2.26. The molecule has 0 fully saturated rings. The standard InChI is InChI=1S/C15H19N3O2/c1-4-5-8-20-15-13(10-16-11(2)17-15)12-6-7-18(3)14(19)9-12/h6-7,9-10H,4-5,8H2,1-3H3. The first-order chi connectivity index (χ1) is 9.61. The average Bonchev–Trinajstić information content (AvgIpc) is 2.43. The van der Waals surface area contributed by atoms with Gasteiger partial charge in [-0.2, -0.15) is 4.98 Å². The lowest BCUT2D eigenvalue weighted by Gasteiger charge is -2.10. The SMILES string of the molecule is CCCCOc1nc(C)ncc1-c1ccn(C)c(=O)c1. The highest BCUT2D eigenvalue weighted by Gasteiger charge is 2.10. The smallest absolute Gasteiger partial charge is 0.250 e. The van der Waals surface area contributed by atoms with Gasteiger partial charge in [-0.05, 0) is 25.0 Å². The topological polar surface area (TPSA) is 57.0 Å². The average molecular weight is 273 g/mol. The summed E-state index contributed by atoms with van der Waals surface area (Å²) in [5, 5.41) is 0. The maximum atomic E-state index is 11.7. The number of ether oxygens (including phenoxy) is 1. The van der Waals surface area contributed by atoms with Crippen LogP contribution in [0.2, 0.25) is 0 Å². The summed E-state index contributed by atoms with van der Waals surface area (Å²) >= 11 is 0. The molecule has 2 heterocycles. The molecule has 0 bridgehead atoms. The molecule has 0 saturated heterocycles. The van der Waals surface area contributed by atoms with Crippen LogP contribution in [0.5, 0.6) is 5.88 Å². The monoisotopic (exact) mass is 273 g/mol. The zero-order chi connectivity index (χ0) is 14.5. The zero-order valence-electron chi connectivity index (χ0n) is 12.1. The summed E-state index contributed by atoms with van der Waals surface area (Å²) in [5.41, 5.74) is 1.46. The molecule has 0 aromatic carbocycles. The van der Waals surface area contributed by atoms with Gasteiger partial charge in [0.25, 0.3) is 5.56 Å². The first kappa shape index (κ1) is 14.2. The number of rotatable bonds is 5. The van der Waals surface area contributed by atoms with Gasteiger partial charge < -0.3 is 9.30 Å². The van der Waals surface area contributed by atoms with Crippen molar-refractivity contribution < 1.29 is 4.74 Å². The Hall–Kier alpha value is -2.17. The molecule has 2 aromatic heterocycles. The van der Waals surface area contributed by atoms with Gasteiger partial charge in [0, 0.05) is 25.5 Å². The molecule has 0 amide bonds. The molecule has 20 heavy (non-hydrogen) atoms. The zero-order valence-corrected chi connectivity index (χ0v) is 12.1. The fraction of sp³-hybridized carbons (Fsp3) is 0.400. The van der Waals surface area contributed by atoms with Gasteiger partial charge in [0.15, 0.2) is 0 Å². The van der Waals surface area contributed by atoms with Crippen molar-refractivity contribution >= 4 is 0 Å². The van der Waals surface area contributed by atoms with Gasteiger partial charge in [-0.3, -0.25) is 4.79 Å². The minimum atomic E-state index is -0.0671. The summed E-state index contributed by atoms with van der Waals surface area (Å²) in [4.78, 5) is 20.3. The van der Waals surface area contributed by atoms with E-state index >= 15 is 0 Å². The van der Waals surface area contributed by atoms with E-state index in [1.54, 1.807) is 25.5 Å². The Morgan fingerprint density at radius 3 is 2.90 bits per heavy atom. The Kier molecular flexibility index (Phi) is 4.50. The van der Waals surface area contributed by atoms with Crippen molar-refractivity contribution in [3.8, 4) is 17.0 Å². The maximum Gasteiger partial charge on any atom is 0.250 e. The minimum absolute atomic E-state index is 0.0671. The Morgan fingerprint density at radius 2 is 2.20 bits per heavy atom. The summed E-state index contributed by atoms with van der Waals surface area (Å²) in [7, 11) is 1.72. The summed E-state index contributed by atoms with van der Waals surface area (Å²) < 4.78 is 7.25. The first-order valence-corrected chi connectivity index (χ1v) is 6.75. The third-order valence-corrected chi connectivity index (χ3v) is 3.03. The second kappa shape index (κ2) is 6.32. The van der Waals surface area contributed by atoms with Crippen molar-refractivity contribution in [2.75, 3.05) is 6.61 Å². The molecule has 0 spiro atoms. The number of nitrogens with zero attached hydrogens (tertiary/aromatic N) is 3. The molecule has 2 aromatic rings. The molecule has 5 heteroatoms. The molecule has 0 saturated carbocycles. The van der Waals surface area contributed by atoms with Gasteiger partial charge in [0.05, 0.1) is 12.2 Å². The van der Waals surface area contributed by atoms with E-state index in [1.807, 2.05) is 13.0 Å². The van der Waals surface area contributed by atoms with Crippen molar-refractivity contribution in [1.82, 2.24) is 14.5 Å². The molecule has 0 aliphatic heterocycles. The third kappa shape index (κ3) is 3.23. The van der Waals surface area contributed by atoms with Gasteiger partial charge in [-0.1, -0.05) is 13.3 Å². The Labute approximate surface area is 118 Å². The van der Waals surface area contributed by atoms with Gasteiger partial charge in [-0.25, -0.2) is 4.98 Å². The normalized spacial score (nSPS) is 10.6. The molecular formula is C15H19N3O2. The fourth-order valence-corrected chi connectivity index (χ4v) is 1.79. The van der Waals surface area contributed by atoms with Crippen LogP contribution in [-0.4, -0.2) is 21.1 Å². The molecular weight excluding hydrogens is 254 g/mol. The molecule has 0 N–H and O–H groups in total. The summed E-state index contributed by atoms with van der Waals surface area (Å²) in [6.45, 7) is 4.54. The highest BCUT2D eigenvalue weighted by atomic mass is 16.5. The molecule has 0 aliphatic carbocycles. The summed E-state index contributed by atoms with van der Waals surface area (Å²) in [6, 6.07) is 3.43. The maximum absolute atomic E-state index is 11.7. The van der Waals surface area contributed by atoms with Gasteiger partial charge >= 0.3 is 0 Å². The van der Waals surface area contributed by atoms with Crippen molar-refractivity contribution in [2.45, 2.75) is 26.7 Å². The van der Waals surface area contributed by atoms with Crippen LogP contribution >= 0.6 is 0 Å². The number of pyridine rings is 1. The second-order valence-electron chi connectivity index (χ2n) is 4.70. The van der Waals surface area contributed by atoms with Gasteiger partial charge in [0.1, 0.15) is 5.82 Å².